The molecule has 0 spiro atoms. The van der Waals surface area contributed by atoms with Crippen molar-refractivity contribution < 1.29 is 14.2 Å². The maximum Gasteiger partial charge on any atom is 0.139 e. The Morgan fingerprint density at radius 2 is 1.15 bits per heavy atom. The number of ether oxygens (including phenoxy) is 3. The number of nitrogens with zero attached hydrogens (tertiary/aromatic N) is 2. The molecule has 5 nitrogen and oxygen atoms in total. The van der Waals surface area contributed by atoms with Crippen LogP contribution >= 0.6 is 0 Å². The Hall–Kier alpha value is -4.90. The van der Waals surface area contributed by atoms with Crippen LogP contribution in [-0.4, -0.2) is 21.2 Å². The maximum absolute atomic E-state index is 6.42. The lowest BCUT2D eigenvalue weighted by atomic mass is 9.98. The second-order valence-electron chi connectivity index (χ2n) is 9.59. The van der Waals surface area contributed by atoms with E-state index >= 15 is 0 Å². The normalized spacial score (nSPS) is 12.0. The number of benzene rings is 5. The van der Waals surface area contributed by atoms with Gasteiger partial charge in [-0.25, -0.2) is 0 Å². The van der Waals surface area contributed by atoms with Crippen molar-refractivity contribution in [2.24, 2.45) is 0 Å². The van der Waals surface area contributed by atoms with Crippen molar-refractivity contribution >= 4 is 22.7 Å². The van der Waals surface area contributed by atoms with Crippen LogP contribution in [0.25, 0.3) is 11.1 Å². The van der Waals surface area contributed by atoms with Gasteiger partial charge < -0.3 is 24.0 Å². The van der Waals surface area contributed by atoms with Crippen molar-refractivity contribution in [3.8, 4) is 39.9 Å². The van der Waals surface area contributed by atoms with Gasteiger partial charge in [0, 0.05) is 20.2 Å². The Bertz CT molecular complexity index is 1570. The molecule has 0 atom stereocenters. The first kappa shape index (κ1) is 24.4. The summed E-state index contributed by atoms with van der Waals surface area (Å²) in [5, 5.41) is 0. The molecule has 0 saturated heterocycles. The highest BCUT2D eigenvalue weighted by molar-refractivity contribution is 5.96. The van der Waals surface area contributed by atoms with Gasteiger partial charge in [0.2, 0.25) is 0 Å². The van der Waals surface area contributed by atoms with E-state index in [4.69, 9.17) is 14.2 Å². The SMILES string of the molecule is COc1cc(C)c2c(c1)N(C)c1ccc(-c3c(Oc4ccccc4)cccc3Oc3ccccc3)cc1N2C. The van der Waals surface area contributed by atoms with Crippen molar-refractivity contribution in [2.75, 3.05) is 31.0 Å². The molecule has 6 rings (SSSR count). The summed E-state index contributed by atoms with van der Waals surface area (Å²) < 4.78 is 18.4. The lowest BCUT2D eigenvalue weighted by molar-refractivity contribution is 0.414. The van der Waals surface area contributed by atoms with Crippen LogP contribution < -0.4 is 24.0 Å². The first-order valence-corrected chi connectivity index (χ1v) is 12.9. The van der Waals surface area contributed by atoms with Crippen molar-refractivity contribution in [2.45, 2.75) is 6.92 Å². The fourth-order valence-corrected chi connectivity index (χ4v) is 5.22. The van der Waals surface area contributed by atoms with E-state index in [1.54, 1.807) is 7.11 Å². The molecular formula is C34H30N2O3. The predicted molar refractivity (Wildman–Crippen MR) is 159 cm³/mol. The van der Waals surface area contributed by atoms with E-state index in [2.05, 4.69) is 61.2 Å². The van der Waals surface area contributed by atoms with Crippen LogP contribution in [0.1, 0.15) is 5.56 Å². The predicted octanol–water partition coefficient (Wildman–Crippen LogP) is 9.10. The third kappa shape index (κ3) is 4.53. The largest absolute Gasteiger partial charge is 0.497 e. The second-order valence-corrected chi connectivity index (χ2v) is 9.59. The zero-order chi connectivity index (χ0) is 26.9. The van der Waals surface area contributed by atoms with Gasteiger partial charge in [0.1, 0.15) is 28.7 Å². The Morgan fingerprint density at radius 3 is 1.74 bits per heavy atom. The van der Waals surface area contributed by atoms with E-state index < -0.39 is 0 Å². The third-order valence-electron chi connectivity index (χ3n) is 7.10. The van der Waals surface area contributed by atoms with Crippen molar-refractivity contribution in [1.82, 2.24) is 0 Å². The fourth-order valence-electron chi connectivity index (χ4n) is 5.22. The van der Waals surface area contributed by atoms with Crippen molar-refractivity contribution in [3.63, 3.8) is 0 Å². The topological polar surface area (TPSA) is 34.2 Å². The molecule has 0 radical (unpaired) electrons. The number of anilines is 4. The molecule has 0 aliphatic carbocycles. The van der Waals surface area contributed by atoms with Gasteiger partial charge in [0.15, 0.2) is 0 Å². The standard InChI is InChI=1S/C34H30N2O3/c1-23-20-27(37-4)22-30-34(23)36(3)29-21-24(18-19-28(29)35(30)2)33-31(38-25-12-7-5-8-13-25)16-11-17-32(33)39-26-14-9-6-10-15-26/h5-22H,1-4H3. The van der Waals surface area contributed by atoms with E-state index in [9.17, 15) is 0 Å². The van der Waals surface area contributed by atoms with Crippen LogP contribution in [0.15, 0.2) is 109 Å². The molecule has 1 aliphatic rings. The first-order valence-electron chi connectivity index (χ1n) is 12.9. The van der Waals surface area contributed by atoms with Crippen LogP contribution in [0, 0.1) is 6.92 Å². The molecule has 5 aromatic carbocycles. The summed E-state index contributed by atoms with van der Waals surface area (Å²) in [6, 6.07) is 36.3. The van der Waals surface area contributed by atoms with Gasteiger partial charge >= 0.3 is 0 Å². The Balaban J connectivity index is 1.49. The van der Waals surface area contributed by atoms with E-state index in [1.165, 1.54) is 0 Å². The molecule has 0 saturated carbocycles. The summed E-state index contributed by atoms with van der Waals surface area (Å²) in [7, 11) is 5.92. The molecule has 5 aromatic rings. The molecular weight excluding hydrogens is 484 g/mol. The molecule has 0 aromatic heterocycles. The van der Waals surface area contributed by atoms with Gasteiger partial charge in [0.25, 0.3) is 0 Å². The molecule has 0 unspecified atom stereocenters. The lowest BCUT2D eigenvalue weighted by Gasteiger charge is -2.38. The minimum Gasteiger partial charge on any atom is -0.497 e. The Kier molecular flexibility index (Phi) is 6.33. The van der Waals surface area contributed by atoms with Crippen molar-refractivity contribution in [1.29, 1.82) is 0 Å². The maximum atomic E-state index is 6.42. The summed E-state index contributed by atoms with van der Waals surface area (Å²) in [4.78, 5) is 4.47. The van der Waals surface area contributed by atoms with Gasteiger partial charge in [-0.05, 0) is 72.6 Å². The zero-order valence-corrected chi connectivity index (χ0v) is 22.5. The molecule has 1 heterocycles. The molecule has 39 heavy (non-hydrogen) atoms. The van der Waals surface area contributed by atoms with Crippen molar-refractivity contribution in [3.05, 3.63) is 115 Å². The molecule has 5 heteroatoms. The second kappa shape index (κ2) is 10.1. The quantitative estimate of drug-likeness (QED) is 0.226. The highest BCUT2D eigenvalue weighted by Crippen LogP contribution is 2.51. The number of methoxy groups -OCH3 is 1. The van der Waals surface area contributed by atoms with Crippen LogP contribution in [0.5, 0.6) is 28.7 Å². The van der Waals surface area contributed by atoms with Crippen LogP contribution in [0.4, 0.5) is 22.7 Å². The van der Waals surface area contributed by atoms with Gasteiger partial charge in [-0.15, -0.1) is 0 Å². The molecule has 0 fully saturated rings. The van der Waals surface area contributed by atoms with Gasteiger partial charge in [0.05, 0.1) is 35.4 Å². The summed E-state index contributed by atoms with van der Waals surface area (Å²) >= 11 is 0. The Morgan fingerprint density at radius 1 is 0.538 bits per heavy atom. The van der Waals surface area contributed by atoms with Crippen LogP contribution in [0.3, 0.4) is 0 Å². The molecule has 0 bridgehead atoms. The zero-order valence-electron chi connectivity index (χ0n) is 22.5. The summed E-state index contributed by atoms with van der Waals surface area (Å²) in [5.41, 5.74) is 7.50. The third-order valence-corrected chi connectivity index (χ3v) is 7.10. The minimum atomic E-state index is 0.725. The molecule has 0 amide bonds. The fraction of sp³-hybridized carbons (Fsp3) is 0.118. The minimum absolute atomic E-state index is 0.725. The highest BCUT2D eigenvalue weighted by atomic mass is 16.5. The lowest BCUT2D eigenvalue weighted by Crippen LogP contribution is -2.25. The summed E-state index contributed by atoms with van der Waals surface area (Å²) in [5.74, 6) is 3.83. The highest BCUT2D eigenvalue weighted by Gasteiger charge is 2.28. The van der Waals surface area contributed by atoms with Gasteiger partial charge in [-0.2, -0.15) is 0 Å². The first-order chi connectivity index (χ1) is 19.0. The van der Waals surface area contributed by atoms with Gasteiger partial charge in [-0.1, -0.05) is 48.5 Å². The van der Waals surface area contributed by atoms with Crippen LogP contribution in [0.2, 0.25) is 0 Å². The van der Waals surface area contributed by atoms with E-state index in [1.807, 2.05) is 78.9 Å². The number of para-hydroxylation sites is 2. The van der Waals surface area contributed by atoms with E-state index in [0.29, 0.717) is 0 Å². The number of fused-ring (bicyclic) bond motifs is 2. The average Bonchev–Trinajstić information content (AvgIpc) is 2.96. The number of hydrogen-bond donors (Lipinski definition) is 0. The smallest absolute Gasteiger partial charge is 0.139 e. The molecule has 1 aliphatic heterocycles. The average molecular weight is 515 g/mol. The van der Waals surface area contributed by atoms with Crippen LogP contribution in [-0.2, 0) is 0 Å². The molecule has 194 valence electrons. The van der Waals surface area contributed by atoms with E-state index in [0.717, 1.165) is 68.2 Å². The summed E-state index contributed by atoms with van der Waals surface area (Å²) in [6.07, 6.45) is 0. The van der Waals surface area contributed by atoms with E-state index in [-0.39, 0.29) is 0 Å². The monoisotopic (exact) mass is 514 g/mol. The molecule has 0 N–H and O–H groups in total. The number of rotatable bonds is 6. The van der Waals surface area contributed by atoms with Gasteiger partial charge in [-0.3, -0.25) is 0 Å². The number of aryl methyl sites for hydroxylation is 1. The Labute approximate surface area is 229 Å². The number of hydrogen-bond acceptors (Lipinski definition) is 5. The summed E-state index contributed by atoms with van der Waals surface area (Å²) in [6.45, 7) is 2.12.